The van der Waals surface area contributed by atoms with Crippen LogP contribution in [0, 0.1) is 0 Å². The predicted molar refractivity (Wildman–Crippen MR) is 75.4 cm³/mol. The molecule has 1 aromatic carbocycles. The number of nitrogens with two attached hydrogens (primary N) is 1. The minimum atomic E-state index is 0.558. The third kappa shape index (κ3) is 3.28. The van der Waals surface area contributed by atoms with E-state index >= 15 is 0 Å². The summed E-state index contributed by atoms with van der Waals surface area (Å²) in [5, 5.41) is 0. The van der Waals surface area contributed by atoms with E-state index in [0.29, 0.717) is 6.54 Å². The Morgan fingerprint density at radius 2 is 2.29 bits per heavy atom. The molecule has 0 unspecified atom stereocenters. The fourth-order valence-corrected chi connectivity index (χ4v) is 3.60. The van der Waals surface area contributed by atoms with E-state index in [1.54, 1.807) is 11.8 Å². The van der Waals surface area contributed by atoms with Gasteiger partial charge >= 0.3 is 0 Å². The molecular formula is C11H12BrN3S2. The van der Waals surface area contributed by atoms with Gasteiger partial charge in [-0.3, -0.25) is 0 Å². The van der Waals surface area contributed by atoms with Gasteiger partial charge in [0.1, 0.15) is 5.82 Å². The smallest absolute Gasteiger partial charge is 0.174 e. The molecule has 0 aliphatic carbocycles. The van der Waals surface area contributed by atoms with Crippen LogP contribution < -0.4 is 5.73 Å². The molecular weight excluding hydrogens is 318 g/mol. The van der Waals surface area contributed by atoms with Gasteiger partial charge in [0.15, 0.2) is 4.34 Å². The summed E-state index contributed by atoms with van der Waals surface area (Å²) in [5.74, 6) is 0.909. The molecule has 0 spiro atoms. The largest absolute Gasteiger partial charge is 0.326 e. The van der Waals surface area contributed by atoms with E-state index < -0.39 is 0 Å². The van der Waals surface area contributed by atoms with Gasteiger partial charge in [0.2, 0.25) is 0 Å². The first-order chi connectivity index (χ1) is 8.22. The molecule has 90 valence electrons. The molecule has 0 atom stereocenters. The van der Waals surface area contributed by atoms with Crippen molar-refractivity contribution in [1.82, 2.24) is 9.36 Å². The fraction of sp³-hybridized carbons (Fsp3) is 0.273. The highest BCUT2D eigenvalue weighted by Gasteiger charge is 2.07. The van der Waals surface area contributed by atoms with Gasteiger partial charge in [0, 0.05) is 22.3 Å². The predicted octanol–water partition coefficient (Wildman–Crippen LogP) is 3.47. The number of benzene rings is 1. The zero-order chi connectivity index (χ0) is 12.3. The molecule has 17 heavy (non-hydrogen) atoms. The molecule has 0 amide bonds. The molecule has 1 aromatic heterocycles. The molecule has 0 saturated carbocycles. The van der Waals surface area contributed by atoms with Crippen LogP contribution in [-0.2, 0) is 13.0 Å². The van der Waals surface area contributed by atoms with Gasteiger partial charge in [0.05, 0.1) is 0 Å². The molecule has 2 N–H and O–H groups in total. The van der Waals surface area contributed by atoms with E-state index in [-0.39, 0.29) is 0 Å². The highest BCUT2D eigenvalue weighted by Crippen LogP contribution is 2.34. The van der Waals surface area contributed by atoms with Crippen molar-refractivity contribution in [2.45, 2.75) is 29.1 Å². The summed E-state index contributed by atoms with van der Waals surface area (Å²) >= 11 is 6.62. The Bertz CT molecular complexity index is 513. The first-order valence-corrected chi connectivity index (χ1v) is 7.60. The molecule has 0 bridgehead atoms. The van der Waals surface area contributed by atoms with Gasteiger partial charge in [0.25, 0.3) is 0 Å². The second-order valence-corrected chi connectivity index (χ2v) is 6.30. The summed E-state index contributed by atoms with van der Waals surface area (Å²) in [5.41, 5.74) is 6.71. The Balaban J connectivity index is 2.18. The maximum Gasteiger partial charge on any atom is 0.174 e. The number of hydrogen-bond acceptors (Lipinski definition) is 5. The average molecular weight is 330 g/mol. The molecule has 0 fully saturated rings. The Morgan fingerprint density at radius 3 is 2.88 bits per heavy atom. The Hall–Kier alpha value is -0.430. The lowest BCUT2D eigenvalue weighted by Gasteiger charge is -2.03. The van der Waals surface area contributed by atoms with Crippen molar-refractivity contribution in [2.24, 2.45) is 5.73 Å². The standard InChI is InChI=1S/C11H12BrN3S2/c1-2-10-14-11(17-15-10)16-9-4-3-7(6-13)5-8(9)12/h3-5H,2,6,13H2,1H3. The number of halogens is 1. The highest BCUT2D eigenvalue weighted by atomic mass is 79.9. The number of aryl methyl sites for hydroxylation is 1. The minimum absolute atomic E-state index is 0.558. The van der Waals surface area contributed by atoms with E-state index in [4.69, 9.17) is 5.73 Å². The Kier molecular flexibility index (Phi) is 4.55. The minimum Gasteiger partial charge on any atom is -0.326 e. The summed E-state index contributed by atoms with van der Waals surface area (Å²) in [7, 11) is 0. The zero-order valence-corrected chi connectivity index (χ0v) is 12.5. The van der Waals surface area contributed by atoms with Gasteiger partial charge in [-0.25, -0.2) is 4.98 Å². The van der Waals surface area contributed by atoms with Crippen molar-refractivity contribution < 1.29 is 0 Å². The van der Waals surface area contributed by atoms with Crippen LogP contribution in [-0.4, -0.2) is 9.36 Å². The van der Waals surface area contributed by atoms with Crippen LogP contribution in [0.5, 0.6) is 0 Å². The molecule has 1 heterocycles. The second-order valence-electron chi connectivity index (χ2n) is 3.40. The number of hydrogen-bond donors (Lipinski definition) is 1. The summed E-state index contributed by atoms with van der Waals surface area (Å²) in [6, 6.07) is 6.14. The van der Waals surface area contributed by atoms with Crippen molar-refractivity contribution in [2.75, 3.05) is 0 Å². The third-order valence-electron chi connectivity index (χ3n) is 2.19. The third-order valence-corrected chi connectivity index (χ3v) is 4.98. The second kappa shape index (κ2) is 5.95. The van der Waals surface area contributed by atoms with Gasteiger partial charge in [-0.2, -0.15) is 4.37 Å². The molecule has 0 radical (unpaired) electrons. The van der Waals surface area contributed by atoms with E-state index in [0.717, 1.165) is 31.5 Å². The van der Waals surface area contributed by atoms with Crippen molar-refractivity contribution >= 4 is 39.2 Å². The Morgan fingerprint density at radius 1 is 1.47 bits per heavy atom. The summed E-state index contributed by atoms with van der Waals surface area (Å²) in [4.78, 5) is 5.57. The lowest BCUT2D eigenvalue weighted by Crippen LogP contribution is -1.95. The van der Waals surface area contributed by atoms with Crippen molar-refractivity contribution in [1.29, 1.82) is 0 Å². The summed E-state index contributed by atoms with van der Waals surface area (Å²) < 4.78 is 6.30. The van der Waals surface area contributed by atoms with Crippen LogP contribution in [0.25, 0.3) is 0 Å². The first kappa shape index (κ1) is 13.0. The Labute approximate surface area is 117 Å². The van der Waals surface area contributed by atoms with Gasteiger partial charge in [-0.15, -0.1) is 0 Å². The molecule has 3 nitrogen and oxygen atoms in total. The topological polar surface area (TPSA) is 51.8 Å². The molecule has 0 saturated heterocycles. The van der Waals surface area contributed by atoms with Gasteiger partial charge in [-0.05, 0) is 45.2 Å². The molecule has 0 aliphatic rings. The molecule has 0 aliphatic heterocycles. The number of rotatable bonds is 4. The molecule has 6 heteroatoms. The normalized spacial score (nSPS) is 10.8. The number of aromatic nitrogens is 2. The molecule has 2 aromatic rings. The zero-order valence-electron chi connectivity index (χ0n) is 9.31. The summed E-state index contributed by atoms with van der Waals surface area (Å²) in [6.45, 7) is 2.62. The maximum absolute atomic E-state index is 5.59. The first-order valence-electron chi connectivity index (χ1n) is 5.22. The summed E-state index contributed by atoms with van der Waals surface area (Å²) in [6.07, 6.45) is 0.879. The van der Waals surface area contributed by atoms with Crippen LogP contribution in [0.1, 0.15) is 18.3 Å². The lowest BCUT2D eigenvalue weighted by atomic mass is 10.2. The number of nitrogens with zero attached hydrogens (tertiary/aromatic N) is 2. The van der Waals surface area contributed by atoms with E-state index in [1.807, 2.05) is 12.1 Å². The van der Waals surface area contributed by atoms with Crippen LogP contribution in [0.4, 0.5) is 0 Å². The SMILES string of the molecule is CCc1nsc(Sc2ccc(CN)cc2Br)n1. The van der Waals surface area contributed by atoms with Gasteiger partial charge in [-0.1, -0.05) is 24.8 Å². The van der Waals surface area contributed by atoms with Crippen molar-refractivity contribution in [3.63, 3.8) is 0 Å². The monoisotopic (exact) mass is 329 g/mol. The van der Waals surface area contributed by atoms with Crippen LogP contribution in [0.15, 0.2) is 31.9 Å². The average Bonchev–Trinajstić information content (AvgIpc) is 2.79. The quantitative estimate of drug-likeness (QED) is 0.933. The van der Waals surface area contributed by atoms with Crippen LogP contribution >= 0.6 is 39.2 Å². The van der Waals surface area contributed by atoms with E-state index in [1.165, 1.54) is 11.5 Å². The maximum atomic E-state index is 5.59. The van der Waals surface area contributed by atoms with Crippen molar-refractivity contribution in [3.05, 3.63) is 34.1 Å². The van der Waals surface area contributed by atoms with Gasteiger partial charge < -0.3 is 5.73 Å². The molecule has 2 rings (SSSR count). The van der Waals surface area contributed by atoms with Crippen LogP contribution in [0.3, 0.4) is 0 Å². The fourth-order valence-electron chi connectivity index (χ4n) is 1.27. The van der Waals surface area contributed by atoms with Crippen LogP contribution in [0.2, 0.25) is 0 Å². The highest BCUT2D eigenvalue weighted by molar-refractivity contribution is 9.10. The van der Waals surface area contributed by atoms with Crippen molar-refractivity contribution in [3.8, 4) is 0 Å². The lowest BCUT2D eigenvalue weighted by molar-refractivity contribution is 0.971. The van der Waals surface area contributed by atoms with E-state index in [9.17, 15) is 0 Å². The van der Waals surface area contributed by atoms with E-state index in [2.05, 4.69) is 38.3 Å².